The van der Waals surface area contributed by atoms with E-state index in [1.54, 1.807) is 0 Å². The van der Waals surface area contributed by atoms with Crippen molar-refractivity contribution in [3.05, 3.63) is 18.2 Å². The van der Waals surface area contributed by atoms with E-state index < -0.39 is 0 Å². The summed E-state index contributed by atoms with van der Waals surface area (Å²) in [4.78, 5) is 4.41. The molecule has 0 spiro atoms. The first-order chi connectivity index (χ1) is 9.09. The summed E-state index contributed by atoms with van der Waals surface area (Å²) in [6, 6.07) is 3.08. The summed E-state index contributed by atoms with van der Waals surface area (Å²) >= 11 is 0. The lowest BCUT2D eigenvalue weighted by Crippen LogP contribution is -2.15. The van der Waals surface area contributed by atoms with Crippen LogP contribution in [0.4, 0.5) is 0 Å². The highest BCUT2D eigenvalue weighted by Gasteiger charge is 2.20. The monoisotopic (exact) mass is 260 g/mol. The second kappa shape index (κ2) is 6.21. The molecule has 0 radical (unpaired) electrons. The average Bonchev–Trinajstić information content (AvgIpc) is 3.11. The van der Waals surface area contributed by atoms with Crippen molar-refractivity contribution in [3.63, 3.8) is 0 Å². The van der Waals surface area contributed by atoms with Gasteiger partial charge in [0.15, 0.2) is 0 Å². The minimum Gasteiger partial charge on any atom is -0.337 e. The maximum Gasteiger partial charge on any atom is 0.0949 e. The molecule has 0 amide bonds. The van der Waals surface area contributed by atoms with Crippen LogP contribution in [0.25, 0.3) is 0 Å². The molecular formula is C15H24N4. The van der Waals surface area contributed by atoms with Crippen LogP contribution in [0.5, 0.6) is 0 Å². The standard InChI is InChI=1S/C15H24N4/c1-15(2,11-16)7-3-4-8-19-10-14(18-12-19)9-17-13-5-6-13/h10,12-13,17H,3-9H2,1-2H3. The topological polar surface area (TPSA) is 53.6 Å². The summed E-state index contributed by atoms with van der Waals surface area (Å²) in [6.07, 6.45) is 9.84. The molecule has 0 aromatic carbocycles. The van der Waals surface area contributed by atoms with E-state index in [-0.39, 0.29) is 5.41 Å². The zero-order valence-electron chi connectivity index (χ0n) is 12.0. The SMILES string of the molecule is CC(C)(C#N)CCCCn1cnc(CNC2CC2)c1. The Balaban J connectivity index is 1.64. The number of rotatable bonds is 8. The molecule has 0 aliphatic heterocycles. The predicted octanol–water partition coefficient (Wildman–Crippen LogP) is 2.86. The van der Waals surface area contributed by atoms with Crippen molar-refractivity contribution in [2.75, 3.05) is 0 Å². The fraction of sp³-hybridized carbons (Fsp3) is 0.733. The minimum atomic E-state index is -0.186. The molecule has 1 aliphatic rings. The molecule has 4 nitrogen and oxygen atoms in total. The summed E-state index contributed by atoms with van der Waals surface area (Å²) in [6.45, 7) is 5.90. The highest BCUT2D eigenvalue weighted by molar-refractivity contribution is 4.98. The Bertz CT molecular complexity index is 437. The lowest BCUT2D eigenvalue weighted by atomic mass is 9.89. The first kappa shape index (κ1) is 14.1. The normalized spacial score (nSPS) is 15.4. The first-order valence-electron chi connectivity index (χ1n) is 7.24. The number of hydrogen-bond acceptors (Lipinski definition) is 3. The van der Waals surface area contributed by atoms with E-state index >= 15 is 0 Å². The van der Waals surface area contributed by atoms with E-state index in [9.17, 15) is 0 Å². The second-order valence-electron chi connectivity index (χ2n) is 6.21. The molecule has 1 heterocycles. The van der Waals surface area contributed by atoms with Gasteiger partial charge in [0.05, 0.1) is 23.5 Å². The number of aromatic nitrogens is 2. The van der Waals surface area contributed by atoms with Crippen LogP contribution in [-0.2, 0) is 13.1 Å². The van der Waals surface area contributed by atoms with Crippen molar-refractivity contribution in [3.8, 4) is 6.07 Å². The molecule has 4 heteroatoms. The number of hydrogen-bond donors (Lipinski definition) is 1. The summed E-state index contributed by atoms with van der Waals surface area (Å²) in [5.74, 6) is 0. The number of nitriles is 1. The maximum atomic E-state index is 8.95. The Morgan fingerprint density at radius 2 is 2.26 bits per heavy atom. The third-order valence-electron chi connectivity index (χ3n) is 3.61. The van der Waals surface area contributed by atoms with Crippen LogP contribution in [0, 0.1) is 16.7 Å². The third-order valence-corrected chi connectivity index (χ3v) is 3.61. The van der Waals surface area contributed by atoms with Gasteiger partial charge in [-0.25, -0.2) is 4.98 Å². The van der Waals surface area contributed by atoms with Gasteiger partial charge < -0.3 is 9.88 Å². The van der Waals surface area contributed by atoms with Gasteiger partial charge in [0, 0.05) is 25.3 Å². The zero-order valence-corrected chi connectivity index (χ0v) is 12.0. The van der Waals surface area contributed by atoms with Crippen LogP contribution in [0.3, 0.4) is 0 Å². The van der Waals surface area contributed by atoms with Crippen molar-refractivity contribution >= 4 is 0 Å². The minimum absolute atomic E-state index is 0.186. The lowest BCUT2D eigenvalue weighted by Gasteiger charge is -2.14. The second-order valence-corrected chi connectivity index (χ2v) is 6.21. The Labute approximate surface area is 115 Å². The Kier molecular flexibility index (Phi) is 4.60. The molecule has 1 N–H and O–H groups in total. The number of nitrogens with one attached hydrogen (secondary N) is 1. The fourth-order valence-electron chi connectivity index (χ4n) is 2.07. The predicted molar refractivity (Wildman–Crippen MR) is 75.3 cm³/mol. The average molecular weight is 260 g/mol. The van der Waals surface area contributed by atoms with E-state index in [4.69, 9.17) is 5.26 Å². The molecule has 1 aromatic rings. The summed E-state index contributed by atoms with van der Waals surface area (Å²) in [5.41, 5.74) is 0.943. The molecule has 104 valence electrons. The maximum absolute atomic E-state index is 8.95. The van der Waals surface area contributed by atoms with Gasteiger partial charge in [-0.05, 0) is 39.5 Å². The Hall–Kier alpha value is -1.34. The van der Waals surface area contributed by atoms with Gasteiger partial charge in [0.1, 0.15) is 0 Å². The van der Waals surface area contributed by atoms with Gasteiger partial charge in [0.25, 0.3) is 0 Å². The van der Waals surface area contributed by atoms with Crippen LogP contribution >= 0.6 is 0 Å². The van der Waals surface area contributed by atoms with Gasteiger partial charge >= 0.3 is 0 Å². The summed E-state index contributed by atoms with van der Waals surface area (Å²) in [7, 11) is 0. The smallest absolute Gasteiger partial charge is 0.0949 e. The molecule has 0 unspecified atom stereocenters. The molecule has 1 aliphatic carbocycles. The van der Waals surface area contributed by atoms with Gasteiger partial charge in [0.2, 0.25) is 0 Å². The highest BCUT2D eigenvalue weighted by Crippen LogP contribution is 2.22. The van der Waals surface area contributed by atoms with Crippen LogP contribution in [0.1, 0.15) is 51.6 Å². The lowest BCUT2D eigenvalue weighted by molar-refractivity contribution is 0.417. The number of nitrogens with zero attached hydrogens (tertiary/aromatic N) is 3. The van der Waals surface area contributed by atoms with E-state index in [1.165, 1.54) is 12.8 Å². The van der Waals surface area contributed by atoms with Crippen molar-refractivity contribution in [1.29, 1.82) is 5.26 Å². The molecule has 1 saturated carbocycles. The van der Waals surface area contributed by atoms with Crippen LogP contribution in [0.15, 0.2) is 12.5 Å². The number of imidazole rings is 1. The molecule has 0 bridgehead atoms. The quantitative estimate of drug-likeness (QED) is 0.731. The van der Waals surface area contributed by atoms with Crippen molar-refractivity contribution in [1.82, 2.24) is 14.9 Å². The van der Waals surface area contributed by atoms with Crippen molar-refractivity contribution in [2.45, 2.75) is 65.1 Å². The van der Waals surface area contributed by atoms with Gasteiger partial charge in [-0.2, -0.15) is 5.26 Å². The molecule has 0 saturated heterocycles. The van der Waals surface area contributed by atoms with Gasteiger partial charge in [-0.1, -0.05) is 6.42 Å². The molecule has 19 heavy (non-hydrogen) atoms. The van der Waals surface area contributed by atoms with Crippen molar-refractivity contribution < 1.29 is 0 Å². The van der Waals surface area contributed by atoms with Crippen LogP contribution in [0.2, 0.25) is 0 Å². The Morgan fingerprint density at radius 3 is 2.95 bits per heavy atom. The van der Waals surface area contributed by atoms with E-state index in [0.717, 1.165) is 44.1 Å². The number of unbranched alkanes of at least 4 members (excludes halogenated alkanes) is 1. The molecule has 0 atom stereocenters. The fourth-order valence-corrected chi connectivity index (χ4v) is 2.07. The molecule has 2 rings (SSSR count). The van der Waals surface area contributed by atoms with Crippen molar-refractivity contribution in [2.24, 2.45) is 5.41 Å². The summed E-state index contributed by atoms with van der Waals surface area (Å²) < 4.78 is 2.16. The highest BCUT2D eigenvalue weighted by atomic mass is 15.1. The van der Waals surface area contributed by atoms with Crippen LogP contribution < -0.4 is 5.32 Å². The van der Waals surface area contributed by atoms with E-state index in [2.05, 4.69) is 27.1 Å². The van der Waals surface area contributed by atoms with E-state index in [1.807, 2.05) is 20.2 Å². The van der Waals surface area contributed by atoms with Gasteiger partial charge in [-0.15, -0.1) is 0 Å². The zero-order chi connectivity index (χ0) is 13.7. The first-order valence-corrected chi connectivity index (χ1v) is 7.24. The van der Waals surface area contributed by atoms with Gasteiger partial charge in [-0.3, -0.25) is 0 Å². The molecular weight excluding hydrogens is 236 g/mol. The molecule has 1 aromatic heterocycles. The van der Waals surface area contributed by atoms with E-state index in [0.29, 0.717) is 0 Å². The summed E-state index contributed by atoms with van der Waals surface area (Å²) in [5, 5.41) is 12.4. The number of aryl methyl sites for hydroxylation is 1. The Morgan fingerprint density at radius 1 is 1.47 bits per heavy atom. The molecule has 1 fully saturated rings. The third kappa shape index (κ3) is 5.04. The van der Waals surface area contributed by atoms with Crippen LogP contribution in [-0.4, -0.2) is 15.6 Å². The largest absolute Gasteiger partial charge is 0.337 e.